The average Bonchev–Trinajstić information content (AvgIpc) is 2.63. The summed E-state index contributed by atoms with van der Waals surface area (Å²) in [7, 11) is -3.51. The van der Waals surface area contributed by atoms with Crippen LogP contribution in [0.25, 0.3) is 0 Å². The number of amides is 1. The normalized spacial score (nSPS) is 29.0. The summed E-state index contributed by atoms with van der Waals surface area (Å²) in [5.41, 5.74) is 0.493. The number of rotatable bonds is 4. The van der Waals surface area contributed by atoms with Crippen LogP contribution in [-0.4, -0.2) is 50.3 Å². The summed E-state index contributed by atoms with van der Waals surface area (Å²) in [5, 5.41) is 6.42. The van der Waals surface area contributed by atoms with E-state index in [0.717, 1.165) is 25.8 Å². The molecule has 1 amide bonds. The van der Waals surface area contributed by atoms with Crippen LogP contribution >= 0.6 is 12.4 Å². The van der Waals surface area contributed by atoms with Gasteiger partial charge < -0.3 is 10.6 Å². The van der Waals surface area contributed by atoms with E-state index in [2.05, 4.69) is 31.4 Å². The van der Waals surface area contributed by atoms with Gasteiger partial charge in [0.25, 0.3) is 5.91 Å². The second kappa shape index (κ2) is 9.57. The molecule has 3 rings (SSSR count). The SMILES string of the molecule is CC1CC(C)CN(S(=O)(=O)c2ccc(C(=O)NC3CCCNC3C)cc2)C1.Cl. The molecule has 8 heteroatoms. The Hall–Kier alpha value is -1.15. The summed E-state index contributed by atoms with van der Waals surface area (Å²) in [5.74, 6) is 0.569. The summed E-state index contributed by atoms with van der Waals surface area (Å²) in [6.07, 6.45) is 3.05. The molecule has 2 aliphatic rings. The van der Waals surface area contributed by atoms with Crippen LogP contribution in [0, 0.1) is 11.8 Å². The van der Waals surface area contributed by atoms with Gasteiger partial charge >= 0.3 is 0 Å². The lowest BCUT2D eigenvalue weighted by Crippen LogP contribution is -2.51. The summed E-state index contributed by atoms with van der Waals surface area (Å²) < 4.78 is 27.5. The van der Waals surface area contributed by atoms with Gasteiger partial charge in [0.15, 0.2) is 0 Å². The van der Waals surface area contributed by atoms with E-state index < -0.39 is 10.0 Å². The lowest BCUT2D eigenvalue weighted by molar-refractivity contribution is 0.0919. The highest BCUT2D eigenvalue weighted by Crippen LogP contribution is 2.26. The highest BCUT2D eigenvalue weighted by Gasteiger charge is 2.31. The van der Waals surface area contributed by atoms with E-state index >= 15 is 0 Å². The predicted molar refractivity (Wildman–Crippen MR) is 113 cm³/mol. The van der Waals surface area contributed by atoms with Crippen molar-refractivity contribution in [3.05, 3.63) is 29.8 Å². The molecule has 0 aliphatic carbocycles. The van der Waals surface area contributed by atoms with E-state index in [-0.39, 0.29) is 35.3 Å². The molecule has 4 atom stereocenters. The summed E-state index contributed by atoms with van der Waals surface area (Å²) >= 11 is 0. The van der Waals surface area contributed by atoms with Crippen LogP contribution in [0.3, 0.4) is 0 Å². The van der Waals surface area contributed by atoms with E-state index in [1.165, 1.54) is 0 Å². The number of sulfonamides is 1. The molecule has 2 N–H and O–H groups in total. The van der Waals surface area contributed by atoms with Gasteiger partial charge in [-0.1, -0.05) is 13.8 Å². The molecule has 4 unspecified atom stereocenters. The first-order valence-corrected chi connectivity index (χ1v) is 11.4. The largest absolute Gasteiger partial charge is 0.348 e. The molecule has 28 heavy (non-hydrogen) atoms. The van der Waals surface area contributed by atoms with Crippen molar-refractivity contribution in [1.29, 1.82) is 0 Å². The second-order valence-electron chi connectivity index (χ2n) is 8.26. The number of halogens is 1. The second-order valence-corrected chi connectivity index (χ2v) is 10.2. The van der Waals surface area contributed by atoms with Crippen molar-refractivity contribution in [1.82, 2.24) is 14.9 Å². The molecule has 2 fully saturated rings. The Morgan fingerprint density at radius 3 is 2.29 bits per heavy atom. The fourth-order valence-corrected chi connectivity index (χ4v) is 5.90. The van der Waals surface area contributed by atoms with Gasteiger partial charge in [-0.25, -0.2) is 8.42 Å². The van der Waals surface area contributed by atoms with Crippen molar-refractivity contribution in [2.24, 2.45) is 11.8 Å². The summed E-state index contributed by atoms with van der Waals surface area (Å²) in [4.78, 5) is 12.8. The molecule has 2 saturated heterocycles. The number of piperidine rings is 2. The highest BCUT2D eigenvalue weighted by molar-refractivity contribution is 7.89. The minimum Gasteiger partial charge on any atom is -0.348 e. The number of carbonyl (C=O) groups excluding carboxylic acids is 1. The number of benzene rings is 1. The zero-order chi connectivity index (χ0) is 19.6. The number of nitrogens with zero attached hydrogens (tertiary/aromatic N) is 1. The monoisotopic (exact) mass is 429 g/mol. The average molecular weight is 430 g/mol. The Bertz CT molecular complexity index is 759. The summed E-state index contributed by atoms with van der Waals surface area (Å²) in [6, 6.07) is 6.67. The van der Waals surface area contributed by atoms with E-state index in [9.17, 15) is 13.2 Å². The molecule has 0 aromatic heterocycles. The van der Waals surface area contributed by atoms with Crippen molar-refractivity contribution in [2.45, 2.75) is 57.0 Å². The molecule has 6 nitrogen and oxygen atoms in total. The predicted octanol–water partition coefficient (Wildman–Crippen LogP) is 2.65. The molecular formula is C20H32ClN3O3S. The third kappa shape index (κ3) is 5.26. The van der Waals surface area contributed by atoms with Crippen molar-refractivity contribution >= 4 is 28.3 Å². The zero-order valence-corrected chi connectivity index (χ0v) is 18.5. The van der Waals surface area contributed by atoms with Crippen molar-refractivity contribution < 1.29 is 13.2 Å². The van der Waals surface area contributed by atoms with Crippen LogP contribution in [0.1, 0.15) is 50.4 Å². The number of hydrogen-bond donors (Lipinski definition) is 2. The molecule has 0 saturated carbocycles. The molecule has 0 bridgehead atoms. The Morgan fingerprint density at radius 2 is 1.71 bits per heavy atom. The third-order valence-electron chi connectivity index (χ3n) is 5.67. The molecule has 2 aliphatic heterocycles. The first-order chi connectivity index (χ1) is 12.8. The lowest BCUT2D eigenvalue weighted by Gasteiger charge is -2.34. The Balaban J connectivity index is 0.00000280. The van der Waals surface area contributed by atoms with E-state index in [1.807, 2.05) is 0 Å². The zero-order valence-electron chi connectivity index (χ0n) is 16.8. The van der Waals surface area contributed by atoms with Crippen molar-refractivity contribution in [3.63, 3.8) is 0 Å². The van der Waals surface area contributed by atoms with Crippen LogP contribution in [0.5, 0.6) is 0 Å². The van der Waals surface area contributed by atoms with Gasteiger partial charge in [0.2, 0.25) is 10.0 Å². The standard InChI is InChI=1S/C20H31N3O3S.ClH/c1-14-11-15(2)13-23(12-14)27(25,26)18-8-6-17(7-9-18)20(24)22-19-5-4-10-21-16(19)3;/h6-9,14-16,19,21H,4-5,10-13H2,1-3H3,(H,22,24);1H. The fraction of sp³-hybridized carbons (Fsp3) is 0.650. The van der Waals surface area contributed by atoms with Crippen LogP contribution in [-0.2, 0) is 10.0 Å². The first-order valence-electron chi connectivity index (χ1n) is 9.92. The van der Waals surface area contributed by atoms with Gasteiger partial charge in [-0.2, -0.15) is 4.31 Å². The Labute approximate surface area is 174 Å². The number of nitrogens with one attached hydrogen (secondary N) is 2. The maximum absolute atomic E-state index is 12.9. The Kier molecular flexibility index (Phi) is 7.90. The van der Waals surface area contributed by atoms with Gasteiger partial charge in [-0.05, 0) is 68.8 Å². The maximum Gasteiger partial charge on any atom is 0.251 e. The van der Waals surface area contributed by atoms with Gasteiger partial charge in [-0.15, -0.1) is 12.4 Å². The van der Waals surface area contributed by atoms with Gasteiger partial charge in [0.05, 0.1) is 4.90 Å². The number of carbonyl (C=O) groups is 1. The first kappa shape index (κ1) is 23.1. The molecule has 0 radical (unpaired) electrons. The molecular weight excluding hydrogens is 398 g/mol. The molecule has 158 valence electrons. The maximum atomic E-state index is 12.9. The fourth-order valence-electron chi connectivity index (χ4n) is 4.22. The van der Waals surface area contributed by atoms with Crippen LogP contribution < -0.4 is 10.6 Å². The van der Waals surface area contributed by atoms with Crippen LogP contribution in [0.15, 0.2) is 29.2 Å². The van der Waals surface area contributed by atoms with E-state index in [4.69, 9.17) is 0 Å². The molecule has 1 aromatic carbocycles. The Morgan fingerprint density at radius 1 is 1.11 bits per heavy atom. The minimum atomic E-state index is -3.51. The lowest BCUT2D eigenvalue weighted by atomic mass is 9.94. The molecule has 0 spiro atoms. The van der Waals surface area contributed by atoms with E-state index in [0.29, 0.717) is 30.5 Å². The van der Waals surface area contributed by atoms with Crippen molar-refractivity contribution in [2.75, 3.05) is 19.6 Å². The highest BCUT2D eigenvalue weighted by atomic mass is 35.5. The molecule has 1 aromatic rings. The topological polar surface area (TPSA) is 78.5 Å². The quantitative estimate of drug-likeness (QED) is 0.771. The number of hydrogen-bond acceptors (Lipinski definition) is 4. The smallest absolute Gasteiger partial charge is 0.251 e. The minimum absolute atomic E-state index is 0. The molecule has 2 heterocycles. The van der Waals surface area contributed by atoms with Gasteiger partial charge in [-0.3, -0.25) is 4.79 Å². The van der Waals surface area contributed by atoms with Crippen LogP contribution in [0.4, 0.5) is 0 Å². The van der Waals surface area contributed by atoms with E-state index in [1.54, 1.807) is 28.6 Å². The van der Waals surface area contributed by atoms with Crippen LogP contribution in [0.2, 0.25) is 0 Å². The van der Waals surface area contributed by atoms with Gasteiger partial charge in [0.1, 0.15) is 0 Å². The summed E-state index contributed by atoms with van der Waals surface area (Å²) in [6.45, 7) is 8.34. The van der Waals surface area contributed by atoms with Gasteiger partial charge in [0, 0.05) is 30.7 Å². The third-order valence-corrected chi connectivity index (χ3v) is 7.51. The van der Waals surface area contributed by atoms with Crippen molar-refractivity contribution in [3.8, 4) is 0 Å².